The quantitative estimate of drug-likeness (QED) is 0.634. The number of hydrogen-bond acceptors (Lipinski definition) is 6. The molecule has 0 aliphatic rings. The minimum Gasteiger partial charge on any atom is -0.463 e. The summed E-state index contributed by atoms with van der Waals surface area (Å²) in [5.74, 6) is -0.681. The van der Waals surface area contributed by atoms with E-state index in [0.717, 1.165) is 5.56 Å². The Morgan fingerprint density at radius 3 is 2.75 bits per heavy atom. The third-order valence-electron chi connectivity index (χ3n) is 2.83. The van der Waals surface area contributed by atoms with Crippen molar-refractivity contribution in [3.05, 3.63) is 48.1 Å². The van der Waals surface area contributed by atoms with Gasteiger partial charge < -0.3 is 10.1 Å². The summed E-state index contributed by atoms with van der Waals surface area (Å²) in [7, 11) is 0. The number of nitrogens with one attached hydrogen (secondary N) is 1. The second kappa shape index (κ2) is 8.24. The van der Waals surface area contributed by atoms with Crippen LogP contribution in [0.4, 0.5) is 5.69 Å². The molecule has 0 aliphatic heterocycles. The van der Waals surface area contributed by atoms with E-state index in [-0.39, 0.29) is 18.3 Å². The number of amides is 1. The lowest BCUT2D eigenvalue weighted by Crippen LogP contribution is -2.19. The zero-order valence-corrected chi connectivity index (χ0v) is 13.0. The smallest absolute Gasteiger partial charge is 0.330 e. The summed E-state index contributed by atoms with van der Waals surface area (Å²) in [6, 6.07) is 8.73. The van der Waals surface area contributed by atoms with Gasteiger partial charge in [0.1, 0.15) is 18.9 Å². The first-order valence-corrected chi connectivity index (χ1v) is 7.15. The Kier molecular flexibility index (Phi) is 5.80. The molecule has 2 rings (SSSR count). The molecule has 0 saturated heterocycles. The van der Waals surface area contributed by atoms with Crippen LogP contribution in [0.3, 0.4) is 0 Å². The first-order valence-electron chi connectivity index (χ1n) is 7.15. The topological polar surface area (TPSA) is 110 Å². The summed E-state index contributed by atoms with van der Waals surface area (Å²) in [6.07, 6.45) is 4.29. The summed E-state index contributed by atoms with van der Waals surface area (Å²) in [6.45, 7) is 2.03. The van der Waals surface area contributed by atoms with Crippen molar-refractivity contribution in [1.29, 1.82) is 5.26 Å². The van der Waals surface area contributed by atoms with Gasteiger partial charge in [-0.2, -0.15) is 5.26 Å². The van der Waals surface area contributed by atoms with Crippen LogP contribution in [0.1, 0.15) is 18.3 Å². The van der Waals surface area contributed by atoms with Crippen LogP contribution in [0.15, 0.2) is 36.7 Å². The molecule has 0 aliphatic carbocycles. The van der Waals surface area contributed by atoms with Gasteiger partial charge in [0.2, 0.25) is 5.91 Å². The van der Waals surface area contributed by atoms with Gasteiger partial charge in [0.05, 0.1) is 6.61 Å². The lowest BCUT2D eigenvalue weighted by Gasteiger charge is -2.05. The highest BCUT2D eigenvalue weighted by Gasteiger charge is 2.06. The lowest BCUT2D eigenvalue weighted by molar-refractivity contribution is -0.137. The molecule has 1 N–H and O–H groups in total. The van der Waals surface area contributed by atoms with E-state index in [4.69, 9.17) is 10.00 Å². The fourth-order valence-electron chi connectivity index (χ4n) is 1.80. The van der Waals surface area contributed by atoms with Crippen molar-refractivity contribution in [3.8, 4) is 6.07 Å². The Labute approximate surface area is 138 Å². The summed E-state index contributed by atoms with van der Waals surface area (Å²) in [5, 5.41) is 15.1. The predicted octanol–water partition coefficient (Wildman–Crippen LogP) is 1.36. The molecule has 1 heterocycles. The minimum absolute atomic E-state index is 0.0144. The number of rotatable bonds is 6. The first-order chi connectivity index (χ1) is 11.6. The number of hydrogen-bond donors (Lipinski definition) is 1. The Morgan fingerprint density at radius 2 is 2.12 bits per heavy atom. The second-order valence-corrected chi connectivity index (χ2v) is 4.63. The molecule has 1 aromatic heterocycles. The number of esters is 1. The van der Waals surface area contributed by atoms with E-state index in [0.29, 0.717) is 12.3 Å². The maximum absolute atomic E-state index is 11.9. The summed E-state index contributed by atoms with van der Waals surface area (Å²) in [5.41, 5.74) is 1.41. The molecular weight excluding hydrogens is 310 g/mol. The van der Waals surface area contributed by atoms with E-state index < -0.39 is 5.97 Å². The first kappa shape index (κ1) is 16.9. The Hall–Kier alpha value is -3.47. The molecule has 8 nitrogen and oxygen atoms in total. The highest BCUT2D eigenvalue weighted by atomic mass is 16.5. The maximum Gasteiger partial charge on any atom is 0.330 e. The highest BCUT2D eigenvalue weighted by molar-refractivity contribution is 5.91. The van der Waals surface area contributed by atoms with Crippen LogP contribution in [0.25, 0.3) is 6.08 Å². The van der Waals surface area contributed by atoms with Gasteiger partial charge in [-0.3, -0.25) is 4.79 Å². The van der Waals surface area contributed by atoms with E-state index in [2.05, 4.69) is 15.4 Å². The summed E-state index contributed by atoms with van der Waals surface area (Å²) < 4.78 is 6.07. The molecule has 8 heteroatoms. The molecule has 2 aromatic rings. The van der Waals surface area contributed by atoms with Crippen LogP contribution in [0.5, 0.6) is 0 Å². The molecule has 0 saturated carbocycles. The van der Waals surface area contributed by atoms with E-state index in [9.17, 15) is 9.59 Å². The Balaban J connectivity index is 1.90. The minimum atomic E-state index is -0.403. The Morgan fingerprint density at radius 1 is 1.38 bits per heavy atom. The van der Waals surface area contributed by atoms with Crippen molar-refractivity contribution in [3.63, 3.8) is 0 Å². The Bertz CT molecular complexity index is 787. The fourth-order valence-corrected chi connectivity index (χ4v) is 1.80. The van der Waals surface area contributed by atoms with Crippen LogP contribution in [0, 0.1) is 11.3 Å². The van der Waals surface area contributed by atoms with Crippen LogP contribution in [-0.4, -0.2) is 33.2 Å². The molecule has 24 heavy (non-hydrogen) atoms. The van der Waals surface area contributed by atoms with Crippen molar-refractivity contribution in [2.75, 3.05) is 11.9 Å². The third kappa shape index (κ3) is 5.06. The van der Waals surface area contributed by atoms with Gasteiger partial charge in [-0.15, -0.1) is 5.10 Å². The van der Waals surface area contributed by atoms with Gasteiger partial charge in [-0.25, -0.2) is 14.5 Å². The number of nitriles is 1. The highest BCUT2D eigenvalue weighted by Crippen LogP contribution is 2.11. The fraction of sp³-hybridized carbons (Fsp3) is 0.188. The summed E-state index contributed by atoms with van der Waals surface area (Å²) in [4.78, 5) is 26.8. The zero-order valence-electron chi connectivity index (χ0n) is 13.0. The predicted molar refractivity (Wildman–Crippen MR) is 85.5 cm³/mol. The molecule has 1 aromatic carbocycles. The van der Waals surface area contributed by atoms with Crippen molar-refractivity contribution >= 4 is 23.6 Å². The second-order valence-electron chi connectivity index (χ2n) is 4.63. The van der Waals surface area contributed by atoms with Crippen molar-refractivity contribution in [2.45, 2.75) is 13.5 Å². The van der Waals surface area contributed by atoms with Crippen molar-refractivity contribution in [2.24, 2.45) is 0 Å². The third-order valence-corrected chi connectivity index (χ3v) is 2.83. The average Bonchev–Trinajstić information content (AvgIpc) is 3.02. The number of carbonyl (C=O) groups excluding carboxylic acids is 2. The lowest BCUT2D eigenvalue weighted by atomic mass is 10.2. The molecule has 0 unspecified atom stereocenters. The van der Waals surface area contributed by atoms with Crippen LogP contribution >= 0.6 is 0 Å². The normalized spacial score (nSPS) is 10.3. The molecule has 0 fully saturated rings. The number of anilines is 1. The van der Waals surface area contributed by atoms with Crippen LogP contribution < -0.4 is 5.32 Å². The molecular formula is C16H15N5O3. The number of nitrogens with zero attached hydrogens (tertiary/aromatic N) is 4. The van der Waals surface area contributed by atoms with Crippen LogP contribution in [-0.2, 0) is 20.9 Å². The van der Waals surface area contributed by atoms with Gasteiger partial charge >= 0.3 is 5.97 Å². The maximum atomic E-state index is 11.9. The monoisotopic (exact) mass is 325 g/mol. The van der Waals surface area contributed by atoms with Gasteiger partial charge in [0.25, 0.3) is 5.82 Å². The van der Waals surface area contributed by atoms with Gasteiger partial charge in [0.15, 0.2) is 0 Å². The standard InChI is InChI=1S/C16H15N5O3/c1-2-24-16(23)8-5-12-3-6-13(7-4-12)19-15(22)10-21-11-18-14(9-17)20-21/h3-8,11H,2,10H2,1H3,(H,19,22). The SMILES string of the molecule is CCOC(=O)C=Cc1ccc(NC(=O)Cn2cnc(C#N)n2)cc1. The summed E-state index contributed by atoms with van der Waals surface area (Å²) >= 11 is 0. The van der Waals surface area contributed by atoms with E-state index in [1.807, 2.05) is 0 Å². The average molecular weight is 325 g/mol. The van der Waals surface area contributed by atoms with Crippen LogP contribution in [0.2, 0.25) is 0 Å². The largest absolute Gasteiger partial charge is 0.463 e. The van der Waals surface area contributed by atoms with Crippen molar-refractivity contribution < 1.29 is 14.3 Å². The number of benzene rings is 1. The molecule has 0 spiro atoms. The molecule has 0 bridgehead atoms. The molecule has 122 valence electrons. The van der Waals surface area contributed by atoms with Crippen molar-refractivity contribution in [1.82, 2.24) is 14.8 Å². The van der Waals surface area contributed by atoms with Gasteiger partial charge in [0, 0.05) is 11.8 Å². The number of ether oxygens (including phenoxy) is 1. The van der Waals surface area contributed by atoms with E-state index in [1.165, 1.54) is 17.1 Å². The number of carbonyl (C=O) groups is 2. The van der Waals surface area contributed by atoms with E-state index >= 15 is 0 Å². The molecule has 0 radical (unpaired) electrons. The zero-order chi connectivity index (χ0) is 17.4. The number of aromatic nitrogens is 3. The van der Waals surface area contributed by atoms with Gasteiger partial charge in [-0.1, -0.05) is 12.1 Å². The van der Waals surface area contributed by atoms with E-state index in [1.54, 1.807) is 43.3 Å². The molecule has 1 amide bonds. The molecule has 0 atom stereocenters. The van der Waals surface area contributed by atoms with Gasteiger partial charge in [-0.05, 0) is 30.7 Å².